The van der Waals surface area contributed by atoms with Crippen molar-refractivity contribution in [3.63, 3.8) is 0 Å². The van der Waals surface area contributed by atoms with Gasteiger partial charge in [-0.25, -0.2) is 13.1 Å². The van der Waals surface area contributed by atoms with Crippen molar-refractivity contribution in [1.29, 1.82) is 0 Å². The van der Waals surface area contributed by atoms with Crippen molar-refractivity contribution in [1.82, 2.24) is 4.72 Å². The molecule has 0 aromatic heterocycles. The van der Waals surface area contributed by atoms with Gasteiger partial charge in [0.1, 0.15) is 0 Å². The van der Waals surface area contributed by atoms with Gasteiger partial charge in [-0.1, -0.05) is 23.7 Å². The topological polar surface area (TPSA) is 75.3 Å². The average Bonchev–Trinajstić information content (AvgIpc) is 2.50. The molecule has 2 aromatic rings. The number of carbonyl (C=O) groups excluding carboxylic acids is 1. The predicted octanol–water partition coefficient (Wildman–Crippen LogP) is 3.59. The van der Waals surface area contributed by atoms with E-state index in [1.807, 2.05) is 6.92 Å². The van der Waals surface area contributed by atoms with E-state index in [1.54, 1.807) is 38.1 Å². The Morgan fingerprint density at radius 1 is 1.12 bits per heavy atom. The Balaban J connectivity index is 2.24. The van der Waals surface area contributed by atoms with E-state index >= 15 is 0 Å². The maximum Gasteiger partial charge on any atom is 0.255 e. The molecule has 128 valence electrons. The minimum absolute atomic E-state index is 0.0470. The van der Waals surface area contributed by atoms with Crippen LogP contribution >= 0.6 is 11.6 Å². The molecule has 0 atom stereocenters. The summed E-state index contributed by atoms with van der Waals surface area (Å²) in [5.41, 5.74) is 1.70. The van der Waals surface area contributed by atoms with Gasteiger partial charge in [-0.3, -0.25) is 4.79 Å². The van der Waals surface area contributed by atoms with Crippen molar-refractivity contribution in [2.24, 2.45) is 0 Å². The molecule has 0 spiro atoms. The Bertz CT molecular complexity index is 864. The molecule has 0 saturated heterocycles. The Labute approximate surface area is 147 Å². The van der Waals surface area contributed by atoms with Crippen LogP contribution < -0.4 is 10.0 Å². The van der Waals surface area contributed by atoms with Gasteiger partial charge >= 0.3 is 0 Å². The summed E-state index contributed by atoms with van der Waals surface area (Å²) in [6.45, 7) is 5.33. The minimum atomic E-state index is -3.65. The molecule has 1 amide bonds. The number of carbonyl (C=O) groups is 1. The first-order valence-corrected chi connectivity index (χ1v) is 9.25. The van der Waals surface area contributed by atoms with Crippen LogP contribution in [0, 0.1) is 6.92 Å². The quantitative estimate of drug-likeness (QED) is 0.849. The number of anilines is 1. The van der Waals surface area contributed by atoms with Crippen LogP contribution in [0.2, 0.25) is 5.02 Å². The van der Waals surface area contributed by atoms with Crippen LogP contribution in [0.4, 0.5) is 5.69 Å². The summed E-state index contributed by atoms with van der Waals surface area (Å²) in [5, 5.41) is 3.25. The second kappa shape index (κ2) is 7.34. The molecule has 0 aliphatic carbocycles. The Morgan fingerprint density at radius 2 is 1.83 bits per heavy atom. The Hall–Kier alpha value is -1.89. The molecule has 0 bridgehead atoms. The van der Waals surface area contributed by atoms with Crippen LogP contribution in [-0.2, 0) is 10.0 Å². The van der Waals surface area contributed by atoms with E-state index in [0.717, 1.165) is 5.56 Å². The first kappa shape index (κ1) is 18.4. The average molecular weight is 367 g/mol. The van der Waals surface area contributed by atoms with Gasteiger partial charge < -0.3 is 5.32 Å². The molecule has 2 rings (SSSR count). The van der Waals surface area contributed by atoms with Gasteiger partial charge in [0.2, 0.25) is 10.0 Å². The van der Waals surface area contributed by atoms with Gasteiger partial charge in [0, 0.05) is 22.3 Å². The first-order chi connectivity index (χ1) is 11.2. The van der Waals surface area contributed by atoms with E-state index in [4.69, 9.17) is 11.6 Å². The highest BCUT2D eigenvalue weighted by molar-refractivity contribution is 7.89. The molecular formula is C17H19ClN2O3S. The number of hydrogen-bond donors (Lipinski definition) is 2. The number of amides is 1. The number of nitrogens with one attached hydrogen (secondary N) is 2. The van der Waals surface area contributed by atoms with Gasteiger partial charge in [0.25, 0.3) is 5.91 Å². The zero-order valence-corrected chi connectivity index (χ0v) is 15.2. The molecule has 24 heavy (non-hydrogen) atoms. The molecule has 2 aromatic carbocycles. The SMILES string of the molecule is Cc1ccc(NC(=O)c2cccc(S(=O)(=O)NC(C)C)c2)cc1Cl. The molecule has 0 saturated carbocycles. The molecule has 7 heteroatoms. The highest BCUT2D eigenvalue weighted by Gasteiger charge is 2.17. The number of benzene rings is 2. The van der Waals surface area contributed by atoms with Crippen LogP contribution in [0.5, 0.6) is 0 Å². The lowest BCUT2D eigenvalue weighted by Crippen LogP contribution is -2.30. The lowest BCUT2D eigenvalue weighted by atomic mass is 10.2. The van der Waals surface area contributed by atoms with E-state index in [2.05, 4.69) is 10.0 Å². The number of halogens is 1. The second-order valence-corrected chi connectivity index (χ2v) is 7.84. The van der Waals surface area contributed by atoms with Gasteiger partial charge in [-0.05, 0) is 56.7 Å². The van der Waals surface area contributed by atoms with E-state index < -0.39 is 15.9 Å². The van der Waals surface area contributed by atoms with Crippen LogP contribution in [0.3, 0.4) is 0 Å². The highest BCUT2D eigenvalue weighted by atomic mass is 35.5. The van der Waals surface area contributed by atoms with Crippen LogP contribution in [0.25, 0.3) is 0 Å². The van der Waals surface area contributed by atoms with E-state index in [-0.39, 0.29) is 16.5 Å². The van der Waals surface area contributed by atoms with Crippen molar-refractivity contribution in [3.05, 3.63) is 58.6 Å². The summed E-state index contributed by atoms with van der Waals surface area (Å²) < 4.78 is 26.9. The van der Waals surface area contributed by atoms with Gasteiger partial charge in [-0.2, -0.15) is 0 Å². The monoisotopic (exact) mass is 366 g/mol. The first-order valence-electron chi connectivity index (χ1n) is 7.39. The standard InChI is InChI=1S/C17H19ClN2O3S/c1-11(2)20-24(22,23)15-6-4-5-13(9-15)17(21)19-14-8-7-12(3)16(18)10-14/h4-11,20H,1-3H3,(H,19,21). The van der Waals surface area contributed by atoms with Crippen molar-refractivity contribution >= 4 is 33.2 Å². The van der Waals surface area contributed by atoms with E-state index in [1.165, 1.54) is 18.2 Å². The third-order valence-electron chi connectivity index (χ3n) is 3.23. The lowest BCUT2D eigenvalue weighted by molar-refractivity contribution is 0.102. The second-order valence-electron chi connectivity index (χ2n) is 5.72. The van der Waals surface area contributed by atoms with Crippen molar-refractivity contribution in [2.45, 2.75) is 31.7 Å². The maximum absolute atomic E-state index is 12.3. The molecule has 0 fully saturated rings. The van der Waals surface area contributed by atoms with Gasteiger partial charge in [-0.15, -0.1) is 0 Å². The summed E-state index contributed by atoms with van der Waals surface area (Å²) >= 11 is 6.04. The number of sulfonamides is 1. The molecule has 2 N–H and O–H groups in total. The number of aryl methyl sites for hydroxylation is 1. The molecule has 0 radical (unpaired) electrons. The Kier molecular flexibility index (Phi) is 5.64. The molecule has 0 heterocycles. The summed E-state index contributed by atoms with van der Waals surface area (Å²) in [6.07, 6.45) is 0. The van der Waals surface area contributed by atoms with Crippen molar-refractivity contribution in [3.8, 4) is 0 Å². The zero-order chi connectivity index (χ0) is 17.9. The smallest absolute Gasteiger partial charge is 0.255 e. The van der Waals surface area contributed by atoms with Crippen LogP contribution in [-0.4, -0.2) is 20.4 Å². The largest absolute Gasteiger partial charge is 0.322 e. The maximum atomic E-state index is 12.3. The number of rotatable bonds is 5. The summed E-state index contributed by atoms with van der Waals surface area (Å²) in [6, 6.07) is 10.8. The molecule has 0 aliphatic rings. The fourth-order valence-electron chi connectivity index (χ4n) is 2.06. The summed E-state index contributed by atoms with van der Waals surface area (Å²) in [4.78, 5) is 12.4. The van der Waals surface area contributed by atoms with Gasteiger partial charge in [0.05, 0.1) is 4.90 Å². The van der Waals surface area contributed by atoms with Crippen molar-refractivity contribution < 1.29 is 13.2 Å². The lowest BCUT2D eigenvalue weighted by Gasteiger charge is -2.11. The molecule has 0 unspecified atom stereocenters. The fraction of sp³-hybridized carbons (Fsp3) is 0.235. The molecule has 5 nitrogen and oxygen atoms in total. The van der Waals surface area contributed by atoms with Crippen molar-refractivity contribution in [2.75, 3.05) is 5.32 Å². The molecular weight excluding hydrogens is 348 g/mol. The third kappa shape index (κ3) is 4.56. The van der Waals surface area contributed by atoms with Crippen LogP contribution in [0.1, 0.15) is 29.8 Å². The third-order valence-corrected chi connectivity index (χ3v) is 5.29. The summed E-state index contributed by atoms with van der Waals surface area (Å²) in [5.74, 6) is -0.406. The van der Waals surface area contributed by atoms with Crippen LogP contribution in [0.15, 0.2) is 47.4 Å². The van der Waals surface area contributed by atoms with Gasteiger partial charge in [0.15, 0.2) is 0 Å². The highest BCUT2D eigenvalue weighted by Crippen LogP contribution is 2.21. The normalized spacial score (nSPS) is 11.5. The Morgan fingerprint density at radius 3 is 2.46 bits per heavy atom. The summed E-state index contributed by atoms with van der Waals surface area (Å²) in [7, 11) is -3.65. The molecule has 0 aliphatic heterocycles. The zero-order valence-electron chi connectivity index (χ0n) is 13.6. The predicted molar refractivity (Wildman–Crippen MR) is 96.0 cm³/mol. The van der Waals surface area contributed by atoms with E-state index in [0.29, 0.717) is 10.7 Å². The minimum Gasteiger partial charge on any atom is -0.322 e. The van der Waals surface area contributed by atoms with E-state index in [9.17, 15) is 13.2 Å². The number of hydrogen-bond acceptors (Lipinski definition) is 3. The fourth-order valence-corrected chi connectivity index (χ4v) is 3.53.